The van der Waals surface area contributed by atoms with Crippen molar-refractivity contribution in [1.82, 2.24) is 4.98 Å². The van der Waals surface area contributed by atoms with Crippen LogP contribution in [0.4, 0.5) is 15.8 Å². The predicted octanol–water partition coefficient (Wildman–Crippen LogP) is 4.03. The van der Waals surface area contributed by atoms with Crippen molar-refractivity contribution < 1.29 is 14.0 Å². The molecule has 1 heterocycles. The normalized spacial score (nSPS) is 10.2. The molecule has 2 amide bonds. The van der Waals surface area contributed by atoms with Crippen molar-refractivity contribution in [2.75, 3.05) is 10.6 Å². The van der Waals surface area contributed by atoms with Crippen molar-refractivity contribution >= 4 is 23.2 Å². The number of nitrogens with one attached hydrogen (secondary N) is 2. The van der Waals surface area contributed by atoms with Gasteiger partial charge in [-0.2, -0.15) is 0 Å². The lowest BCUT2D eigenvalue weighted by molar-refractivity contribution is 0.101. The summed E-state index contributed by atoms with van der Waals surface area (Å²) in [6.07, 6.45) is 3.27. The van der Waals surface area contributed by atoms with Crippen molar-refractivity contribution in [1.29, 1.82) is 0 Å². The van der Waals surface area contributed by atoms with E-state index in [1.54, 1.807) is 42.7 Å². The van der Waals surface area contributed by atoms with Gasteiger partial charge in [0.2, 0.25) is 0 Å². The molecule has 0 aliphatic carbocycles. The molecule has 3 aromatic rings. The fourth-order valence-corrected chi connectivity index (χ4v) is 2.35. The monoisotopic (exact) mass is 349 g/mol. The molecule has 2 N–H and O–H groups in total. The highest BCUT2D eigenvalue weighted by atomic mass is 19.1. The van der Waals surface area contributed by atoms with Gasteiger partial charge in [-0.1, -0.05) is 6.07 Å². The van der Waals surface area contributed by atoms with Gasteiger partial charge < -0.3 is 10.6 Å². The zero-order valence-corrected chi connectivity index (χ0v) is 14.0. The van der Waals surface area contributed by atoms with Crippen LogP contribution in [-0.2, 0) is 0 Å². The number of nitrogens with zero attached hydrogens (tertiary/aromatic N) is 1. The zero-order chi connectivity index (χ0) is 18.5. The quantitative estimate of drug-likeness (QED) is 0.747. The maximum Gasteiger partial charge on any atom is 0.255 e. The summed E-state index contributed by atoms with van der Waals surface area (Å²) in [6.45, 7) is 1.85. The lowest BCUT2D eigenvalue weighted by Crippen LogP contribution is -2.14. The van der Waals surface area contributed by atoms with E-state index in [4.69, 9.17) is 0 Å². The fraction of sp³-hybridized carbons (Fsp3) is 0.0500. The zero-order valence-electron chi connectivity index (χ0n) is 14.0. The van der Waals surface area contributed by atoms with Crippen LogP contribution in [-0.4, -0.2) is 16.8 Å². The minimum atomic E-state index is -0.476. The average Bonchev–Trinajstić information content (AvgIpc) is 2.64. The van der Waals surface area contributed by atoms with E-state index >= 15 is 0 Å². The number of anilines is 2. The summed E-state index contributed by atoms with van der Waals surface area (Å²) >= 11 is 0. The van der Waals surface area contributed by atoms with Gasteiger partial charge in [0.15, 0.2) is 0 Å². The Hall–Kier alpha value is -3.54. The van der Waals surface area contributed by atoms with Crippen LogP contribution in [0.25, 0.3) is 0 Å². The summed E-state index contributed by atoms with van der Waals surface area (Å²) < 4.78 is 13.2. The van der Waals surface area contributed by atoms with E-state index in [9.17, 15) is 14.0 Å². The Kier molecular flexibility index (Phi) is 5.03. The number of pyridine rings is 1. The Morgan fingerprint density at radius 3 is 2.35 bits per heavy atom. The molecular formula is C20H16FN3O2. The molecule has 0 unspecified atom stereocenters. The molecule has 0 fully saturated rings. The first kappa shape index (κ1) is 17.3. The summed E-state index contributed by atoms with van der Waals surface area (Å²) in [5, 5.41) is 5.48. The fourth-order valence-electron chi connectivity index (χ4n) is 2.35. The van der Waals surface area contributed by atoms with E-state index in [2.05, 4.69) is 15.6 Å². The molecule has 0 aliphatic rings. The highest BCUT2D eigenvalue weighted by Gasteiger charge is 2.10. The number of rotatable bonds is 4. The molecular weight excluding hydrogens is 333 g/mol. The SMILES string of the molecule is Cc1cnccc1NC(=O)c1ccc(NC(=O)c2cccc(F)c2)cc1. The number of amides is 2. The van der Waals surface area contributed by atoms with Crippen LogP contribution in [0.3, 0.4) is 0 Å². The van der Waals surface area contributed by atoms with Gasteiger partial charge in [0.25, 0.3) is 11.8 Å². The van der Waals surface area contributed by atoms with E-state index in [1.807, 2.05) is 6.92 Å². The third-order valence-corrected chi connectivity index (χ3v) is 3.76. The Labute approximate surface area is 149 Å². The van der Waals surface area contributed by atoms with E-state index in [1.165, 1.54) is 18.2 Å². The molecule has 0 saturated heterocycles. The average molecular weight is 349 g/mol. The molecule has 6 heteroatoms. The van der Waals surface area contributed by atoms with Crippen molar-refractivity contribution in [2.24, 2.45) is 0 Å². The van der Waals surface area contributed by atoms with Gasteiger partial charge in [-0.05, 0) is 61.0 Å². The standard InChI is InChI=1S/C20H16FN3O2/c1-13-12-22-10-9-18(13)24-19(25)14-5-7-17(8-6-14)23-20(26)15-3-2-4-16(21)11-15/h2-12H,1H3,(H,23,26)(H,22,24,25). The number of carbonyl (C=O) groups excluding carboxylic acids is 2. The van der Waals surface area contributed by atoms with E-state index in [0.717, 1.165) is 11.6 Å². The molecule has 0 bridgehead atoms. The molecule has 0 radical (unpaired) electrons. The molecule has 130 valence electrons. The number of hydrogen-bond donors (Lipinski definition) is 2. The number of benzene rings is 2. The van der Waals surface area contributed by atoms with Gasteiger partial charge in [-0.25, -0.2) is 4.39 Å². The van der Waals surface area contributed by atoms with Crippen LogP contribution < -0.4 is 10.6 Å². The molecule has 0 atom stereocenters. The van der Waals surface area contributed by atoms with E-state index in [0.29, 0.717) is 16.9 Å². The van der Waals surface area contributed by atoms with Gasteiger partial charge in [0.1, 0.15) is 5.82 Å². The van der Waals surface area contributed by atoms with Crippen LogP contribution in [0.1, 0.15) is 26.3 Å². The highest BCUT2D eigenvalue weighted by Crippen LogP contribution is 2.16. The molecule has 0 aliphatic heterocycles. The second-order valence-corrected chi connectivity index (χ2v) is 5.69. The number of halogens is 1. The first-order chi connectivity index (χ1) is 12.5. The van der Waals surface area contributed by atoms with Crippen LogP contribution >= 0.6 is 0 Å². The van der Waals surface area contributed by atoms with Gasteiger partial charge >= 0.3 is 0 Å². The van der Waals surface area contributed by atoms with Gasteiger partial charge in [-0.15, -0.1) is 0 Å². The van der Waals surface area contributed by atoms with Gasteiger partial charge in [0, 0.05) is 34.9 Å². The summed E-state index contributed by atoms with van der Waals surface area (Å²) in [7, 11) is 0. The Bertz CT molecular complexity index is 955. The summed E-state index contributed by atoms with van der Waals surface area (Å²) in [5.41, 5.74) is 2.73. The molecule has 0 saturated carbocycles. The lowest BCUT2D eigenvalue weighted by atomic mass is 10.1. The minimum Gasteiger partial charge on any atom is -0.322 e. The van der Waals surface area contributed by atoms with Crippen LogP contribution in [0.5, 0.6) is 0 Å². The third kappa shape index (κ3) is 4.10. The summed E-state index contributed by atoms with van der Waals surface area (Å²) in [6, 6.07) is 13.6. The van der Waals surface area contributed by atoms with E-state index in [-0.39, 0.29) is 11.5 Å². The Morgan fingerprint density at radius 2 is 1.65 bits per heavy atom. The predicted molar refractivity (Wildman–Crippen MR) is 97.7 cm³/mol. The molecule has 1 aromatic heterocycles. The molecule has 3 rings (SSSR count). The maximum absolute atomic E-state index is 13.2. The number of hydrogen-bond acceptors (Lipinski definition) is 3. The van der Waals surface area contributed by atoms with Crippen molar-refractivity contribution in [3.63, 3.8) is 0 Å². The maximum atomic E-state index is 13.2. The molecule has 2 aromatic carbocycles. The van der Waals surface area contributed by atoms with Gasteiger partial charge in [0.05, 0.1) is 0 Å². The second-order valence-electron chi connectivity index (χ2n) is 5.69. The minimum absolute atomic E-state index is 0.222. The smallest absolute Gasteiger partial charge is 0.255 e. The Morgan fingerprint density at radius 1 is 0.923 bits per heavy atom. The van der Waals surface area contributed by atoms with E-state index < -0.39 is 11.7 Å². The number of aryl methyl sites for hydroxylation is 1. The molecule has 26 heavy (non-hydrogen) atoms. The molecule has 5 nitrogen and oxygen atoms in total. The molecule has 0 spiro atoms. The third-order valence-electron chi connectivity index (χ3n) is 3.76. The number of carbonyl (C=O) groups is 2. The summed E-state index contributed by atoms with van der Waals surface area (Å²) in [5.74, 6) is -1.16. The first-order valence-corrected chi connectivity index (χ1v) is 7.92. The van der Waals surface area contributed by atoms with Crippen LogP contribution in [0.2, 0.25) is 0 Å². The van der Waals surface area contributed by atoms with Crippen molar-refractivity contribution in [2.45, 2.75) is 6.92 Å². The summed E-state index contributed by atoms with van der Waals surface area (Å²) in [4.78, 5) is 28.4. The van der Waals surface area contributed by atoms with Crippen molar-refractivity contribution in [3.05, 3.63) is 89.5 Å². The second kappa shape index (κ2) is 7.57. The van der Waals surface area contributed by atoms with Crippen molar-refractivity contribution in [3.8, 4) is 0 Å². The largest absolute Gasteiger partial charge is 0.322 e. The van der Waals surface area contributed by atoms with Gasteiger partial charge in [-0.3, -0.25) is 14.6 Å². The number of aromatic nitrogens is 1. The first-order valence-electron chi connectivity index (χ1n) is 7.92. The lowest BCUT2D eigenvalue weighted by Gasteiger charge is -2.09. The highest BCUT2D eigenvalue weighted by molar-refractivity contribution is 6.06. The van der Waals surface area contributed by atoms with Crippen LogP contribution in [0.15, 0.2) is 67.0 Å². The van der Waals surface area contributed by atoms with Crippen LogP contribution in [0, 0.1) is 12.7 Å². The Balaban J connectivity index is 1.67. The topological polar surface area (TPSA) is 71.1 Å².